The molecule has 0 amide bonds. The number of nitrogens with one attached hydrogen (secondary N) is 1. The summed E-state index contributed by atoms with van der Waals surface area (Å²) in [5, 5.41) is 0. The Balaban J connectivity index is 1.28. The van der Waals surface area contributed by atoms with Crippen molar-refractivity contribution in [3.8, 4) is 17.4 Å². The molecule has 9 heteroatoms. The third-order valence-corrected chi connectivity index (χ3v) is 5.48. The summed E-state index contributed by atoms with van der Waals surface area (Å²) in [6.07, 6.45) is -1.48. The van der Waals surface area contributed by atoms with Crippen LogP contribution in [0, 0.1) is 0 Å². The van der Waals surface area contributed by atoms with Crippen molar-refractivity contribution in [2.75, 3.05) is 0 Å². The van der Waals surface area contributed by atoms with Gasteiger partial charge >= 0.3 is 6.18 Å². The average molecular weight is 410 g/mol. The number of halogens is 3. The van der Waals surface area contributed by atoms with E-state index in [9.17, 15) is 13.2 Å². The molecule has 0 bridgehead atoms. The molecule has 1 N–H and O–H groups in total. The first-order valence-electron chi connectivity index (χ1n) is 9.29. The van der Waals surface area contributed by atoms with Crippen molar-refractivity contribution in [2.45, 2.75) is 24.1 Å². The molecule has 2 aromatic heterocycles. The van der Waals surface area contributed by atoms with Crippen molar-refractivity contribution in [3.05, 3.63) is 71.9 Å². The summed E-state index contributed by atoms with van der Waals surface area (Å²) in [7, 11) is 0. The van der Waals surface area contributed by atoms with Gasteiger partial charge in [0.05, 0.1) is 22.5 Å². The van der Waals surface area contributed by atoms with Gasteiger partial charge in [0, 0.05) is 23.7 Å². The first kappa shape index (κ1) is 17.3. The van der Waals surface area contributed by atoms with Gasteiger partial charge in [-0.25, -0.2) is 15.0 Å². The lowest BCUT2D eigenvalue weighted by Crippen LogP contribution is -2.04. The summed E-state index contributed by atoms with van der Waals surface area (Å²) in [6.45, 7) is 0. The summed E-state index contributed by atoms with van der Waals surface area (Å²) in [6, 6.07) is 10.8. The van der Waals surface area contributed by atoms with Crippen LogP contribution in [0.5, 0.6) is 17.4 Å². The largest absolute Gasteiger partial charge is 0.489 e. The van der Waals surface area contributed by atoms with E-state index in [0.717, 1.165) is 23.4 Å². The standard InChI is InChI=1S/C21H13F3N4O2/c22-21(23,24)10-1-3-13-14(7-10)28-20(27-13)18-17-12-8-11(2-4-15(12)30-19(17)18)29-16-5-6-25-9-26-16/h1-9,17-19H,(H,27,28)/t17-,18?,19?/m0/s1. The highest BCUT2D eigenvalue weighted by Crippen LogP contribution is 2.63. The second kappa shape index (κ2) is 5.94. The molecule has 0 radical (unpaired) electrons. The van der Waals surface area contributed by atoms with Crippen LogP contribution in [-0.2, 0) is 6.18 Å². The third-order valence-electron chi connectivity index (χ3n) is 5.48. The number of aromatic nitrogens is 4. The van der Waals surface area contributed by atoms with Crippen LogP contribution < -0.4 is 9.47 Å². The fourth-order valence-corrected chi connectivity index (χ4v) is 4.05. The van der Waals surface area contributed by atoms with Crippen LogP contribution in [0.2, 0.25) is 0 Å². The fraction of sp³-hybridized carbons (Fsp3) is 0.190. The van der Waals surface area contributed by atoms with Gasteiger partial charge in [0.2, 0.25) is 5.88 Å². The molecule has 1 aliphatic carbocycles. The van der Waals surface area contributed by atoms with Gasteiger partial charge in [-0.15, -0.1) is 0 Å². The van der Waals surface area contributed by atoms with Gasteiger partial charge < -0.3 is 14.5 Å². The predicted octanol–water partition coefficient (Wildman–Crippen LogP) is 4.81. The zero-order chi connectivity index (χ0) is 20.5. The minimum absolute atomic E-state index is 0.0338. The first-order valence-corrected chi connectivity index (χ1v) is 9.29. The fourth-order valence-electron chi connectivity index (χ4n) is 4.05. The number of ether oxygens (including phenoxy) is 2. The van der Waals surface area contributed by atoms with E-state index >= 15 is 0 Å². The zero-order valence-corrected chi connectivity index (χ0v) is 15.2. The first-order chi connectivity index (χ1) is 14.5. The number of alkyl halides is 3. The minimum Gasteiger partial charge on any atom is -0.489 e. The monoisotopic (exact) mass is 410 g/mol. The highest BCUT2D eigenvalue weighted by molar-refractivity contribution is 5.76. The second-order valence-electron chi connectivity index (χ2n) is 7.34. The molecule has 150 valence electrons. The Bertz CT molecular complexity index is 1270. The topological polar surface area (TPSA) is 72.9 Å². The Morgan fingerprint density at radius 3 is 2.73 bits per heavy atom. The molecule has 4 aromatic rings. The molecule has 0 spiro atoms. The molecule has 1 aliphatic heterocycles. The summed E-state index contributed by atoms with van der Waals surface area (Å²) in [4.78, 5) is 15.4. The number of rotatable bonds is 3. The van der Waals surface area contributed by atoms with E-state index in [4.69, 9.17) is 9.47 Å². The molecule has 2 aliphatic rings. The molecule has 6 rings (SSSR count). The summed E-state index contributed by atoms with van der Waals surface area (Å²) < 4.78 is 50.7. The van der Waals surface area contributed by atoms with Crippen molar-refractivity contribution < 1.29 is 22.6 Å². The molecular weight excluding hydrogens is 397 g/mol. The molecule has 1 fully saturated rings. The molecule has 3 atom stereocenters. The lowest BCUT2D eigenvalue weighted by Gasteiger charge is -2.09. The Kier molecular flexibility index (Phi) is 3.42. The smallest absolute Gasteiger partial charge is 0.416 e. The highest BCUT2D eigenvalue weighted by Gasteiger charge is 2.61. The van der Waals surface area contributed by atoms with Crippen LogP contribution in [0.4, 0.5) is 13.2 Å². The van der Waals surface area contributed by atoms with Gasteiger partial charge in [-0.2, -0.15) is 13.2 Å². The van der Waals surface area contributed by atoms with E-state index in [-0.39, 0.29) is 17.9 Å². The number of hydrogen-bond donors (Lipinski definition) is 1. The van der Waals surface area contributed by atoms with Crippen LogP contribution in [0.25, 0.3) is 11.0 Å². The van der Waals surface area contributed by atoms with E-state index in [1.54, 1.807) is 18.3 Å². The molecule has 30 heavy (non-hydrogen) atoms. The van der Waals surface area contributed by atoms with Crippen molar-refractivity contribution in [1.82, 2.24) is 19.9 Å². The number of fused-ring (bicyclic) bond motifs is 4. The van der Waals surface area contributed by atoms with Gasteiger partial charge in [0.25, 0.3) is 0 Å². The van der Waals surface area contributed by atoms with Gasteiger partial charge in [-0.1, -0.05) is 0 Å². The molecule has 3 heterocycles. The van der Waals surface area contributed by atoms with Crippen molar-refractivity contribution in [2.24, 2.45) is 0 Å². The molecule has 2 unspecified atom stereocenters. The van der Waals surface area contributed by atoms with Crippen LogP contribution in [0.15, 0.2) is 55.0 Å². The zero-order valence-electron chi connectivity index (χ0n) is 15.2. The molecule has 1 saturated carbocycles. The maximum absolute atomic E-state index is 13.0. The number of imidazole rings is 1. The summed E-state index contributed by atoms with van der Waals surface area (Å²) in [5.41, 5.74) is 1.16. The van der Waals surface area contributed by atoms with Gasteiger partial charge in [-0.05, 0) is 36.4 Å². The Morgan fingerprint density at radius 1 is 1.03 bits per heavy atom. The molecule has 6 nitrogen and oxygen atoms in total. The molecular formula is C21H13F3N4O2. The van der Waals surface area contributed by atoms with Crippen LogP contribution in [0.1, 0.15) is 28.8 Å². The number of hydrogen-bond acceptors (Lipinski definition) is 5. The molecule has 0 saturated heterocycles. The Hall–Kier alpha value is -3.62. The Morgan fingerprint density at radius 2 is 1.93 bits per heavy atom. The van der Waals surface area contributed by atoms with E-state index < -0.39 is 11.7 Å². The van der Waals surface area contributed by atoms with Crippen LogP contribution in [0.3, 0.4) is 0 Å². The second-order valence-corrected chi connectivity index (χ2v) is 7.34. The normalized spacial score (nSPS) is 21.8. The van der Waals surface area contributed by atoms with Crippen molar-refractivity contribution >= 4 is 11.0 Å². The van der Waals surface area contributed by atoms with Gasteiger partial charge in [-0.3, -0.25) is 0 Å². The Labute approximate surface area is 167 Å². The summed E-state index contributed by atoms with van der Waals surface area (Å²) >= 11 is 0. The number of aromatic amines is 1. The minimum atomic E-state index is -4.39. The molecule has 2 aromatic carbocycles. The van der Waals surface area contributed by atoms with Crippen LogP contribution >= 0.6 is 0 Å². The maximum atomic E-state index is 13.0. The number of benzene rings is 2. The lowest BCUT2D eigenvalue weighted by molar-refractivity contribution is -0.137. The van der Waals surface area contributed by atoms with Crippen molar-refractivity contribution in [3.63, 3.8) is 0 Å². The third kappa shape index (κ3) is 2.69. The number of nitrogens with zero attached hydrogens (tertiary/aromatic N) is 3. The van der Waals surface area contributed by atoms with Crippen molar-refractivity contribution in [1.29, 1.82) is 0 Å². The SMILES string of the molecule is FC(F)(F)c1ccc2nc(C3C4Oc5ccc(Oc6ccncn6)cc5[C@H]43)[nH]c2c1. The van der Waals surface area contributed by atoms with Crippen LogP contribution in [-0.4, -0.2) is 26.0 Å². The van der Waals surface area contributed by atoms with E-state index in [1.807, 2.05) is 12.1 Å². The van der Waals surface area contributed by atoms with Gasteiger partial charge in [0.15, 0.2) is 0 Å². The lowest BCUT2D eigenvalue weighted by atomic mass is 10.1. The number of H-pyrrole nitrogens is 1. The average Bonchev–Trinajstić information content (AvgIpc) is 3.08. The highest BCUT2D eigenvalue weighted by atomic mass is 19.4. The summed E-state index contributed by atoms with van der Waals surface area (Å²) in [5.74, 6) is 2.52. The predicted molar refractivity (Wildman–Crippen MR) is 99.5 cm³/mol. The van der Waals surface area contributed by atoms with E-state index in [1.165, 1.54) is 12.4 Å². The van der Waals surface area contributed by atoms with Gasteiger partial charge in [0.1, 0.15) is 29.8 Å². The quantitative estimate of drug-likeness (QED) is 0.525. The van der Waals surface area contributed by atoms with E-state index in [0.29, 0.717) is 28.5 Å². The van der Waals surface area contributed by atoms with E-state index in [2.05, 4.69) is 19.9 Å². The maximum Gasteiger partial charge on any atom is 0.416 e.